The molecule has 0 bridgehead atoms. The van der Waals surface area contributed by atoms with Crippen LogP contribution in [0.5, 0.6) is 0 Å². The van der Waals surface area contributed by atoms with Crippen molar-refractivity contribution >= 4 is 23.1 Å². The summed E-state index contributed by atoms with van der Waals surface area (Å²) in [6.45, 7) is 1.76. The van der Waals surface area contributed by atoms with Crippen LogP contribution < -0.4 is 10.2 Å². The van der Waals surface area contributed by atoms with Gasteiger partial charge in [0.1, 0.15) is 11.5 Å². The first kappa shape index (κ1) is 14.8. The molecule has 0 spiro atoms. The van der Waals surface area contributed by atoms with Crippen molar-refractivity contribution in [2.45, 2.75) is 6.92 Å². The number of rotatable bonds is 4. The van der Waals surface area contributed by atoms with E-state index in [1.807, 2.05) is 48.3 Å². The zero-order valence-electron chi connectivity index (χ0n) is 12.9. The molecule has 1 aromatic carbocycles. The van der Waals surface area contributed by atoms with Crippen molar-refractivity contribution in [3.05, 3.63) is 66.2 Å². The quantitative estimate of drug-likeness (QED) is 0.800. The van der Waals surface area contributed by atoms with Crippen molar-refractivity contribution in [1.82, 2.24) is 10.1 Å². The third kappa shape index (κ3) is 3.37. The summed E-state index contributed by atoms with van der Waals surface area (Å²) in [6.07, 6.45) is 1.61. The van der Waals surface area contributed by atoms with Gasteiger partial charge in [-0.1, -0.05) is 23.4 Å². The van der Waals surface area contributed by atoms with Gasteiger partial charge in [-0.3, -0.25) is 9.78 Å². The summed E-state index contributed by atoms with van der Waals surface area (Å²) in [6, 6.07) is 15.1. The number of carbonyl (C=O) groups excluding carboxylic acids is 1. The Hall–Kier alpha value is -3.15. The first-order valence-corrected chi connectivity index (χ1v) is 7.13. The lowest BCUT2D eigenvalue weighted by Gasteiger charge is -2.19. The molecule has 0 unspecified atom stereocenters. The molecule has 2 aromatic heterocycles. The van der Waals surface area contributed by atoms with Crippen LogP contribution in [0, 0.1) is 6.92 Å². The average Bonchev–Trinajstić information content (AvgIpc) is 3.00. The maximum Gasteiger partial charge on any atom is 0.275 e. The van der Waals surface area contributed by atoms with Crippen molar-refractivity contribution in [3.63, 3.8) is 0 Å². The van der Waals surface area contributed by atoms with Crippen LogP contribution in [0.3, 0.4) is 0 Å². The Kier molecular flexibility index (Phi) is 4.05. The molecule has 0 saturated heterocycles. The molecular formula is C17H16N4O2. The van der Waals surface area contributed by atoms with Crippen LogP contribution in [0.1, 0.15) is 16.2 Å². The molecule has 0 saturated carbocycles. The third-order valence-electron chi connectivity index (χ3n) is 3.38. The van der Waals surface area contributed by atoms with Crippen LogP contribution in [0.15, 0.2) is 59.3 Å². The third-order valence-corrected chi connectivity index (χ3v) is 3.38. The normalized spacial score (nSPS) is 10.3. The lowest BCUT2D eigenvalue weighted by atomic mass is 10.2. The Bertz CT molecular complexity index is 814. The van der Waals surface area contributed by atoms with Gasteiger partial charge in [0.05, 0.1) is 0 Å². The van der Waals surface area contributed by atoms with Gasteiger partial charge in [0.15, 0.2) is 5.82 Å². The predicted octanol–water partition coefficient (Wildman–Crippen LogP) is 3.40. The van der Waals surface area contributed by atoms with Crippen molar-refractivity contribution in [2.75, 3.05) is 17.3 Å². The highest BCUT2D eigenvalue weighted by Gasteiger charge is 2.12. The Balaban J connectivity index is 1.80. The number of amides is 1. The van der Waals surface area contributed by atoms with E-state index in [2.05, 4.69) is 15.5 Å². The maximum absolute atomic E-state index is 12.3. The number of para-hydroxylation sites is 1. The monoisotopic (exact) mass is 308 g/mol. The number of pyridine rings is 1. The van der Waals surface area contributed by atoms with E-state index in [0.29, 0.717) is 17.3 Å². The lowest BCUT2D eigenvalue weighted by Crippen LogP contribution is -2.16. The molecule has 3 aromatic rings. The van der Waals surface area contributed by atoms with Crippen LogP contribution in [-0.2, 0) is 0 Å². The van der Waals surface area contributed by atoms with Gasteiger partial charge in [-0.15, -0.1) is 0 Å². The molecule has 0 aliphatic rings. The van der Waals surface area contributed by atoms with Crippen LogP contribution >= 0.6 is 0 Å². The van der Waals surface area contributed by atoms with E-state index in [0.717, 1.165) is 11.4 Å². The van der Waals surface area contributed by atoms with E-state index < -0.39 is 0 Å². The zero-order chi connectivity index (χ0) is 16.2. The van der Waals surface area contributed by atoms with Crippen LogP contribution in [0.4, 0.5) is 17.2 Å². The van der Waals surface area contributed by atoms with Crippen molar-refractivity contribution in [2.24, 2.45) is 0 Å². The Morgan fingerprint density at radius 1 is 1.13 bits per heavy atom. The average molecular weight is 308 g/mol. The van der Waals surface area contributed by atoms with Crippen LogP contribution in [0.25, 0.3) is 0 Å². The lowest BCUT2D eigenvalue weighted by molar-refractivity contribution is 0.102. The molecule has 0 atom stereocenters. The smallest absolute Gasteiger partial charge is 0.275 e. The molecular weight excluding hydrogens is 292 g/mol. The standard InChI is InChI=1S/C17H16N4O2/c1-12-10-16(20-23-12)19-17(22)15-11-14(8-9-18-15)21(2)13-6-4-3-5-7-13/h3-11H,1-2H3,(H,19,20,22). The second-order valence-corrected chi connectivity index (χ2v) is 5.07. The molecule has 6 nitrogen and oxygen atoms in total. The largest absolute Gasteiger partial charge is 0.360 e. The number of nitrogens with zero attached hydrogens (tertiary/aromatic N) is 3. The minimum atomic E-state index is -0.332. The van der Waals surface area contributed by atoms with Gasteiger partial charge in [-0.05, 0) is 31.2 Å². The Labute approximate surface area is 133 Å². The maximum atomic E-state index is 12.3. The summed E-state index contributed by atoms with van der Waals surface area (Å²) < 4.78 is 4.93. The summed E-state index contributed by atoms with van der Waals surface area (Å²) in [5.74, 6) is 0.670. The Morgan fingerprint density at radius 2 is 1.91 bits per heavy atom. The molecule has 23 heavy (non-hydrogen) atoms. The van der Waals surface area contributed by atoms with E-state index in [1.54, 1.807) is 25.3 Å². The fourth-order valence-corrected chi connectivity index (χ4v) is 2.16. The summed E-state index contributed by atoms with van der Waals surface area (Å²) in [4.78, 5) is 18.4. The fourth-order valence-electron chi connectivity index (χ4n) is 2.16. The molecule has 0 aliphatic carbocycles. The second-order valence-electron chi connectivity index (χ2n) is 5.07. The minimum absolute atomic E-state index is 0.311. The number of hydrogen-bond acceptors (Lipinski definition) is 5. The molecule has 0 aliphatic heterocycles. The fraction of sp³-hybridized carbons (Fsp3) is 0.118. The van der Waals surface area contributed by atoms with E-state index in [4.69, 9.17) is 4.52 Å². The highest BCUT2D eigenvalue weighted by molar-refractivity contribution is 6.02. The van der Waals surface area contributed by atoms with Gasteiger partial charge < -0.3 is 14.7 Å². The summed E-state index contributed by atoms with van der Waals surface area (Å²) in [5.41, 5.74) is 2.20. The minimum Gasteiger partial charge on any atom is -0.360 e. The molecule has 2 heterocycles. The Morgan fingerprint density at radius 3 is 2.61 bits per heavy atom. The molecule has 6 heteroatoms. The first-order valence-electron chi connectivity index (χ1n) is 7.13. The number of benzene rings is 1. The van der Waals surface area contributed by atoms with E-state index in [1.165, 1.54) is 0 Å². The molecule has 1 N–H and O–H groups in total. The van der Waals surface area contributed by atoms with Crippen LogP contribution in [0.2, 0.25) is 0 Å². The molecule has 0 radical (unpaired) electrons. The second kappa shape index (κ2) is 6.31. The number of carbonyl (C=O) groups is 1. The van der Waals surface area contributed by atoms with E-state index >= 15 is 0 Å². The first-order chi connectivity index (χ1) is 11.1. The molecule has 0 fully saturated rings. The van der Waals surface area contributed by atoms with Gasteiger partial charge in [0.25, 0.3) is 5.91 Å². The summed E-state index contributed by atoms with van der Waals surface area (Å²) in [7, 11) is 1.94. The highest BCUT2D eigenvalue weighted by Crippen LogP contribution is 2.23. The SMILES string of the molecule is Cc1cc(NC(=O)c2cc(N(C)c3ccccc3)ccn2)no1. The van der Waals surface area contributed by atoms with Gasteiger partial charge in [-0.25, -0.2) is 0 Å². The van der Waals surface area contributed by atoms with Crippen molar-refractivity contribution in [3.8, 4) is 0 Å². The molecule has 116 valence electrons. The molecule has 3 rings (SSSR count). The zero-order valence-corrected chi connectivity index (χ0v) is 12.9. The summed E-state index contributed by atoms with van der Waals surface area (Å²) in [5, 5.41) is 6.40. The number of nitrogens with one attached hydrogen (secondary N) is 1. The van der Waals surface area contributed by atoms with Crippen molar-refractivity contribution in [1.29, 1.82) is 0 Å². The van der Waals surface area contributed by atoms with Gasteiger partial charge in [0, 0.05) is 30.7 Å². The topological polar surface area (TPSA) is 71.3 Å². The number of aryl methyl sites for hydroxylation is 1. The van der Waals surface area contributed by atoms with Gasteiger partial charge in [0.2, 0.25) is 0 Å². The highest BCUT2D eigenvalue weighted by atomic mass is 16.5. The number of anilines is 3. The summed E-state index contributed by atoms with van der Waals surface area (Å²) >= 11 is 0. The molecule has 1 amide bonds. The number of hydrogen-bond donors (Lipinski definition) is 1. The number of aromatic nitrogens is 2. The van der Waals surface area contributed by atoms with Gasteiger partial charge in [-0.2, -0.15) is 0 Å². The predicted molar refractivity (Wildman–Crippen MR) is 87.9 cm³/mol. The van der Waals surface area contributed by atoms with Crippen molar-refractivity contribution < 1.29 is 9.32 Å². The van der Waals surface area contributed by atoms with E-state index in [9.17, 15) is 4.79 Å². The van der Waals surface area contributed by atoms with E-state index in [-0.39, 0.29) is 5.91 Å². The van der Waals surface area contributed by atoms with Gasteiger partial charge >= 0.3 is 0 Å². The van der Waals surface area contributed by atoms with Crippen LogP contribution in [-0.4, -0.2) is 23.1 Å².